The van der Waals surface area contributed by atoms with Crippen LogP contribution < -0.4 is 5.73 Å². The molecule has 0 aromatic heterocycles. The molecule has 2 N–H and O–H groups in total. The SMILES string of the molecule is Cc1cc(C)c(C(=O)N(C)CC2CC(N)C2)c(C)c1. The molecule has 0 heterocycles. The smallest absolute Gasteiger partial charge is 0.254 e. The van der Waals surface area contributed by atoms with Crippen molar-refractivity contribution < 1.29 is 4.79 Å². The molecule has 0 saturated heterocycles. The maximum absolute atomic E-state index is 12.5. The van der Waals surface area contributed by atoms with Gasteiger partial charge in [0.1, 0.15) is 0 Å². The Morgan fingerprint density at radius 1 is 1.26 bits per heavy atom. The molecular weight excluding hydrogens is 236 g/mol. The predicted octanol–water partition coefficient (Wildman–Crippen LogP) is 2.42. The number of nitrogens with two attached hydrogens (primary N) is 1. The first-order chi connectivity index (χ1) is 8.88. The second-order valence-electron chi connectivity index (χ2n) is 6.06. The minimum absolute atomic E-state index is 0.135. The van der Waals surface area contributed by atoms with Crippen LogP contribution in [0.2, 0.25) is 0 Å². The average Bonchev–Trinajstić information content (AvgIpc) is 2.25. The number of carbonyl (C=O) groups is 1. The van der Waals surface area contributed by atoms with Crippen molar-refractivity contribution in [3.8, 4) is 0 Å². The van der Waals surface area contributed by atoms with Crippen molar-refractivity contribution >= 4 is 5.91 Å². The molecule has 1 fully saturated rings. The molecule has 19 heavy (non-hydrogen) atoms. The van der Waals surface area contributed by atoms with Crippen LogP contribution in [0.15, 0.2) is 12.1 Å². The summed E-state index contributed by atoms with van der Waals surface area (Å²) >= 11 is 0. The highest BCUT2D eigenvalue weighted by atomic mass is 16.2. The van der Waals surface area contributed by atoms with Crippen molar-refractivity contribution in [1.29, 1.82) is 0 Å². The lowest BCUT2D eigenvalue weighted by atomic mass is 9.80. The zero-order valence-corrected chi connectivity index (χ0v) is 12.4. The Labute approximate surface area is 115 Å². The molecule has 1 aromatic rings. The molecule has 104 valence electrons. The number of hydrogen-bond acceptors (Lipinski definition) is 2. The molecule has 1 amide bonds. The standard InChI is InChI=1S/C16H24N2O/c1-10-5-11(2)15(12(3)6-10)16(19)18(4)9-13-7-14(17)8-13/h5-6,13-14H,7-9,17H2,1-4H3. The van der Waals surface area contributed by atoms with E-state index in [9.17, 15) is 4.79 Å². The fraction of sp³-hybridized carbons (Fsp3) is 0.562. The van der Waals surface area contributed by atoms with E-state index in [4.69, 9.17) is 5.73 Å². The van der Waals surface area contributed by atoms with Crippen molar-refractivity contribution in [1.82, 2.24) is 4.90 Å². The Hall–Kier alpha value is -1.35. The predicted molar refractivity (Wildman–Crippen MR) is 78.3 cm³/mol. The second kappa shape index (κ2) is 5.33. The molecule has 3 heteroatoms. The fourth-order valence-electron chi connectivity index (χ4n) is 3.11. The normalized spacial score (nSPS) is 21.9. The first-order valence-corrected chi connectivity index (χ1v) is 6.97. The van der Waals surface area contributed by atoms with Gasteiger partial charge in [-0.3, -0.25) is 4.79 Å². The Bertz CT molecular complexity index is 467. The van der Waals surface area contributed by atoms with Gasteiger partial charge in [-0.2, -0.15) is 0 Å². The summed E-state index contributed by atoms with van der Waals surface area (Å²) in [5.74, 6) is 0.713. The summed E-state index contributed by atoms with van der Waals surface area (Å²) in [7, 11) is 1.89. The first-order valence-electron chi connectivity index (χ1n) is 6.97. The monoisotopic (exact) mass is 260 g/mol. The van der Waals surface area contributed by atoms with Crippen LogP contribution in [0.5, 0.6) is 0 Å². The molecule has 1 aliphatic carbocycles. The van der Waals surface area contributed by atoms with E-state index >= 15 is 0 Å². The van der Waals surface area contributed by atoms with Gasteiger partial charge in [0, 0.05) is 25.2 Å². The molecule has 1 saturated carbocycles. The molecule has 3 nitrogen and oxygen atoms in total. The molecule has 1 aliphatic rings. The van der Waals surface area contributed by atoms with Crippen LogP contribution in [0.4, 0.5) is 0 Å². The van der Waals surface area contributed by atoms with Crippen molar-refractivity contribution in [2.24, 2.45) is 11.7 Å². The summed E-state index contributed by atoms with van der Waals surface area (Å²) in [5, 5.41) is 0. The summed E-state index contributed by atoms with van der Waals surface area (Å²) in [6.45, 7) is 6.91. The van der Waals surface area contributed by atoms with Crippen LogP contribution in [0.3, 0.4) is 0 Å². The molecule has 0 atom stereocenters. The van der Waals surface area contributed by atoms with Gasteiger partial charge in [0.2, 0.25) is 0 Å². The third-order valence-corrected chi connectivity index (χ3v) is 4.04. The van der Waals surface area contributed by atoms with Gasteiger partial charge in [-0.05, 0) is 50.7 Å². The third kappa shape index (κ3) is 2.98. The van der Waals surface area contributed by atoms with Crippen LogP contribution in [0.1, 0.15) is 39.9 Å². The van der Waals surface area contributed by atoms with E-state index in [-0.39, 0.29) is 5.91 Å². The highest BCUT2D eigenvalue weighted by Gasteiger charge is 2.28. The van der Waals surface area contributed by atoms with E-state index in [1.54, 1.807) is 0 Å². The van der Waals surface area contributed by atoms with E-state index in [1.807, 2.05) is 25.8 Å². The van der Waals surface area contributed by atoms with Gasteiger partial charge in [0.05, 0.1) is 0 Å². The third-order valence-electron chi connectivity index (χ3n) is 4.04. The minimum Gasteiger partial charge on any atom is -0.341 e. The Morgan fingerprint density at radius 2 is 1.79 bits per heavy atom. The lowest BCUT2D eigenvalue weighted by molar-refractivity contribution is 0.0732. The van der Waals surface area contributed by atoms with Crippen molar-refractivity contribution in [2.75, 3.05) is 13.6 Å². The molecule has 0 aliphatic heterocycles. The molecule has 2 rings (SSSR count). The lowest BCUT2D eigenvalue weighted by Crippen LogP contribution is -2.43. The lowest BCUT2D eigenvalue weighted by Gasteiger charge is -2.35. The minimum atomic E-state index is 0.135. The van der Waals surface area contributed by atoms with Crippen LogP contribution in [-0.4, -0.2) is 30.4 Å². The molecule has 0 spiro atoms. The van der Waals surface area contributed by atoms with E-state index < -0.39 is 0 Å². The molecule has 1 aromatic carbocycles. The first kappa shape index (κ1) is 14.1. The summed E-state index contributed by atoms with van der Waals surface area (Å²) in [6, 6.07) is 4.50. The molecule has 0 radical (unpaired) electrons. The quantitative estimate of drug-likeness (QED) is 0.907. The van der Waals surface area contributed by atoms with Gasteiger partial charge < -0.3 is 10.6 Å². The van der Waals surface area contributed by atoms with Gasteiger partial charge in [0.15, 0.2) is 0 Å². The van der Waals surface area contributed by atoms with Gasteiger partial charge in [-0.1, -0.05) is 17.7 Å². The maximum Gasteiger partial charge on any atom is 0.254 e. The highest BCUT2D eigenvalue weighted by Crippen LogP contribution is 2.27. The van der Waals surface area contributed by atoms with Gasteiger partial charge in [-0.15, -0.1) is 0 Å². The number of rotatable bonds is 3. The number of benzene rings is 1. The zero-order valence-electron chi connectivity index (χ0n) is 12.4. The van der Waals surface area contributed by atoms with Gasteiger partial charge in [0.25, 0.3) is 5.91 Å². The summed E-state index contributed by atoms with van der Waals surface area (Å²) in [4.78, 5) is 14.4. The van der Waals surface area contributed by atoms with E-state index in [2.05, 4.69) is 19.1 Å². The van der Waals surface area contributed by atoms with Crippen molar-refractivity contribution in [2.45, 2.75) is 39.7 Å². The second-order valence-corrected chi connectivity index (χ2v) is 6.06. The summed E-state index contributed by atoms with van der Waals surface area (Å²) in [5.41, 5.74) is 10.00. The van der Waals surface area contributed by atoms with E-state index in [0.717, 1.165) is 36.1 Å². The van der Waals surface area contributed by atoms with E-state index in [1.165, 1.54) is 5.56 Å². The number of carbonyl (C=O) groups excluding carboxylic acids is 1. The Morgan fingerprint density at radius 3 is 2.26 bits per heavy atom. The Kier molecular flexibility index (Phi) is 3.95. The van der Waals surface area contributed by atoms with Crippen LogP contribution in [0.25, 0.3) is 0 Å². The summed E-state index contributed by atoms with van der Waals surface area (Å²) in [6.07, 6.45) is 2.09. The zero-order chi connectivity index (χ0) is 14.2. The number of nitrogens with zero attached hydrogens (tertiary/aromatic N) is 1. The van der Waals surface area contributed by atoms with Gasteiger partial charge in [-0.25, -0.2) is 0 Å². The number of amides is 1. The fourth-order valence-corrected chi connectivity index (χ4v) is 3.11. The largest absolute Gasteiger partial charge is 0.341 e. The van der Waals surface area contributed by atoms with Crippen molar-refractivity contribution in [3.05, 3.63) is 34.4 Å². The van der Waals surface area contributed by atoms with Crippen LogP contribution in [0, 0.1) is 26.7 Å². The molecule has 0 unspecified atom stereocenters. The number of hydrogen-bond donors (Lipinski definition) is 1. The summed E-state index contributed by atoms with van der Waals surface area (Å²) < 4.78 is 0. The Balaban J connectivity index is 2.10. The number of aryl methyl sites for hydroxylation is 3. The highest BCUT2D eigenvalue weighted by molar-refractivity contribution is 5.97. The van der Waals surface area contributed by atoms with Gasteiger partial charge >= 0.3 is 0 Å². The average molecular weight is 260 g/mol. The van der Waals surface area contributed by atoms with Crippen molar-refractivity contribution in [3.63, 3.8) is 0 Å². The van der Waals surface area contributed by atoms with E-state index in [0.29, 0.717) is 12.0 Å². The van der Waals surface area contributed by atoms with Crippen LogP contribution >= 0.6 is 0 Å². The maximum atomic E-state index is 12.5. The molecule has 0 bridgehead atoms. The molecular formula is C16H24N2O. The topological polar surface area (TPSA) is 46.3 Å². The van der Waals surface area contributed by atoms with Crippen LogP contribution in [-0.2, 0) is 0 Å².